The van der Waals surface area contributed by atoms with Gasteiger partial charge in [-0.05, 0) is 33.1 Å². The van der Waals surface area contributed by atoms with E-state index in [1.54, 1.807) is 7.11 Å². The maximum absolute atomic E-state index is 4.93. The van der Waals surface area contributed by atoms with Gasteiger partial charge in [-0.2, -0.15) is 0 Å². The van der Waals surface area contributed by atoms with Crippen molar-refractivity contribution < 1.29 is 4.74 Å². The lowest BCUT2D eigenvalue weighted by Crippen LogP contribution is -1.86. The molecule has 0 saturated carbocycles. The molecule has 0 aliphatic rings. The number of rotatable bonds is 5. The van der Waals surface area contributed by atoms with Gasteiger partial charge in [0.15, 0.2) is 0 Å². The van der Waals surface area contributed by atoms with Crippen molar-refractivity contribution in [3.05, 3.63) is 11.6 Å². The van der Waals surface area contributed by atoms with E-state index in [0.717, 1.165) is 6.61 Å². The van der Waals surface area contributed by atoms with Crippen LogP contribution in [-0.4, -0.2) is 13.7 Å². The van der Waals surface area contributed by atoms with Crippen LogP contribution in [0.5, 0.6) is 0 Å². The average molecular weight is 142 g/mol. The molecule has 10 heavy (non-hydrogen) atoms. The van der Waals surface area contributed by atoms with Crippen molar-refractivity contribution in [3.63, 3.8) is 0 Å². The number of unbranched alkanes of at least 4 members (excludes halogenated alkanes) is 2. The van der Waals surface area contributed by atoms with Crippen LogP contribution in [-0.2, 0) is 4.74 Å². The van der Waals surface area contributed by atoms with Crippen LogP contribution in [0.25, 0.3) is 0 Å². The summed E-state index contributed by atoms with van der Waals surface area (Å²) < 4.78 is 4.93. The first-order valence-corrected chi connectivity index (χ1v) is 3.89. The Kier molecular flexibility index (Phi) is 6.61. The van der Waals surface area contributed by atoms with E-state index in [-0.39, 0.29) is 0 Å². The van der Waals surface area contributed by atoms with Gasteiger partial charge in [0.05, 0.1) is 0 Å². The molecule has 0 aliphatic carbocycles. The third-order valence-electron chi connectivity index (χ3n) is 1.36. The number of allylic oxidation sites excluding steroid dienone is 2. The van der Waals surface area contributed by atoms with Crippen LogP contribution >= 0.6 is 0 Å². The smallest absolute Gasteiger partial charge is 0.0462 e. The van der Waals surface area contributed by atoms with Gasteiger partial charge < -0.3 is 4.74 Å². The van der Waals surface area contributed by atoms with E-state index < -0.39 is 0 Å². The summed E-state index contributed by atoms with van der Waals surface area (Å²) in [6.07, 6.45) is 5.90. The highest BCUT2D eigenvalue weighted by Gasteiger charge is 1.84. The second kappa shape index (κ2) is 6.81. The predicted octanol–water partition coefficient (Wildman–Crippen LogP) is 2.77. The summed E-state index contributed by atoms with van der Waals surface area (Å²) in [7, 11) is 1.75. The third kappa shape index (κ3) is 7.70. The number of methoxy groups -OCH3 is 1. The first kappa shape index (κ1) is 9.70. The zero-order valence-corrected chi connectivity index (χ0v) is 7.31. The van der Waals surface area contributed by atoms with Crippen molar-refractivity contribution in [3.8, 4) is 0 Å². The first-order valence-electron chi connectivity index (χ1n) is 3.89. The normalized spacial score (nSPS) is 9.50. The zero-order valence-electron chi connectivity index (χ0n) is 7.31. The van der Waals surface area contributed by atoms with Gasteiger partial charge in [-0.3, -0.25) is 0 Å². The minimum absolute atomic E-state index is 0.899. The van der Waals surface area contributed by atoms with Crippen LogP contribution in [0, 0.1) is 0 Å². The van der Waals surface area contributed by atoms with Crippen LogP contribution in [0.2, 0.25) is 0 Å². The van der Waals surface area contributed by atoms with Gasteiger partial charge in [0, 0.05) is 13.7 Å². The average Bonchev–Trinajstić information content (AvgIpc) is 1.87. The van der Waals surface area contributed by atoms with E-state index in [9.17, 15) is 0 Å². The van der Waals surface area contributed by atoms with Crippen LogP contribution in [0.3, 0.4) is 0 Å². The second-order valence-corrected chi connectivity index (χ2v) is 2.77. The lowest BCUT2D eigenvalue weighted by Gasteiger charge is -1.95. The summed E-state index contributed by atoms with van der Waals surface area (Å²) in [5, 5.41) is 0. The number of hydrogen-bond acceptors (Lipinski definition) is 1. The van der Waals surface area contributed by atoms with Crippen LogP contribution in [0.4, 0.5) is 0 Å². The van der Waals surface area contributed by atoms with E-state index in [0.29, 0.717) is 0 Å². The van der Waals surface area contributed by atoms with E-state index in [4.69, 9.17) is 4.74 Å². The third-order valence-corrected chi connectivity index (χ3v) is 1.36. The van der Waals surface area contributed by atoms with Crippen LogP contribution in [0.1, 0.15) is 33.1 Å². The molecule has 0 aromatic heterocycles. The van der Waals surface area contributed by atoms with Crippen molar-refractivity contribution in [2.45, 2.75) is 33.1 Å². The van der Waals surface area contributed by atoms with E-state index in [2.05, 4.69) is 19.9 Å². The molecule has 0 N–H and O–H groups in total. The van der Waals surface area contributed by atoms with Crippen LogP contribution < -0.4 is 0 Å². The van der Waals surface area contributed by atoms with Gasteiger partial charge in [0.25, 0.3) is 0 Å². The van der Waals surface area contributed by atoms with E-state index in [1.807, 2.05) is 0 Å². The molecule has 0 radical (unpaired) electrons. The Morgan fingerprint density at radius 2 is 2.00 bits per heavy atom. The fraction of sp³-hybridized carbons (Fsp3) is 0.778. The zero-order chi connectivity index (χ0) is 7.82. The Balaban J connectivity index is 2.98. The summed E-state index contributed by atoms with van der Waals surface area (Å²) in [5.41, 5.74) is 1.41. The summed E-state index contributed by atoms with van der Waals surface area (Å²) >= 11 is 0. The molecule has 0 aliphatic heterocycles. The Morgan fingerprint density at radius 1 is 1.30 bits per heavy atom. The quantitative estimate of drug-likeness (QED) is 0.423. The fourth-order valence-corrected chi connectivity index (χ4v) is 0.781. The van der Waals surface area contributed by atoms with Gasteiger partial charge in [0.1, 0.15) is 0 Å². The summed E-state index contributed by atoms with van der Waals surface area (Å²) in [4.78, 5) is 0. The Hall–Kier alpha value is -0.300. The van der Waals surface area contributed by atoms with Crippen molar-refractivity contribution in [1.29, 1.82) is 0 Å². The molecular formula is C9H18O. The largest absolute Gasteiger partial charge is 0.385 e. The first-order chi connectivity index (χ1) is 4.77. The molecule has 0 aromatic rings. The molecule has 0 amide bonds. The summed E-state index contributed by atoms with van der Waals surface area (Å²) in [5.74, 6) is 0. The molecule has 60 valence electrons. The molecule has 0 spiro atoms. The van der Waals surface area contributed by atoms with Gasteiger partial charge in [-0.1, -0.05) is 11.6 Å². The predicted molar refractivity (Wildman–Crippen MR) is 45.2 cm³/mol. The standard InChI is InChI=1S/C9H18O/c1-9(2)7-5-4-6-8-10-3/h7H,4-6,8H2,1-3H3. The molecule has 0 bridgehead atoms. The highest BCUT2D eigenvalue weighted by molar-refractivity contribution is 4.92. The van der Waals surface area contributed by atoms with Gasteiger partial charge in [-0.15, -0.1) is 0 Å². The molecular weight excluding hydrogens is 124 g/mol. The van der Waals surface area contributed by atoms with Crippen molar-refractivity contribution in [2.75, 3.05) is 13.7 Å². The molecule has 0 heterocycles. The lowest BCUT2D eigenvalue weighted by molar-refractivity contribution is 0.193. The van der Waals surface area contributed by atoms with Crippen molar-refractivity contribution >= 4 is 0 Å². The monoisotopic (exact) mass is 142 g/mol. The Morgan fingerprint density at radius 3 is 2.50 bits per heavy atom. The molecule has 0 saturated heterocycles. The maximum Gasteiger partial charge on any atom is 0.0462 e. The summed E-state index contributed by atoms with van der Waals surface area (Å²) in [6, 6.07) is 0. The molecule has 0 aromatic carbocycles. The molecule has 1 nitrogen and oxygen atoms in total. The van der Waals surface area contributed by atoms with Gasteiger partial charge >= 0.3 is 0 Å². The highest BCUT2D eigenvalue weighted by atomic mass is 16.5. The van der Waals surface area contributed by atoms with Gasteiger partial charge in [0.2, 0.25) is 0 Å². The van der Waals surface area contributed by atoms with E-state index >= 15 is 0 Å². The Labute approximate surface area is 64.1 Å². The molecule has 0 atom stereocenters. The Bertz CT molecular complexity index is 90.9. The fourth-order valence-electron chi connectivity index (χ4n) is 0.781. The second-order valence-electron chi connectivity index (χ2n) is 2.77. The maximum atomic E-state index is 4.93. The molecule has 0 fully saturated rings. The molecule has 1 heteroatoms. The minimum Gasteiger partial charge on any atom is -0.385 e. The molecule has 0 unspecified atom stereocenters. The van der Waals surface area contributed by atoms with Crippen molar-refractivity contribution in [1.82, 2.24) is 0 Å². The summed E-state index contributed by atoms with van der Waals surface area (Å²) in [6.45, 7) is 5.17. The number of hydrogen-bond donors (Lipinski definition) is 0. The van der Waals surface area contributed by atoms with Gasteiger partial charge in [-0.25, -0.2) is 0 Å². The van der Waals surface area contributed by atoms with Crippen LogP contribution in [0.15, 0.2) is 11.6 Å². The molecule has 0 rings (SSSR count). The van der Waals surface area contributed by atoms with E-state index in [1.165, 1.54) is 24.8 Å². The lowest BCUT2D eigenvalue weighted by atomic mass is 10.2. The number of ether oxygens (including phenoxy) is 1. The minimum atomic E-state index is 0.899. The SMILES string of the molecule is COCCCCC=C(C)C. The highest BCUT2D eigenvalue weighted by Crippen LogP contribution is 1.99. The topological polar surface area (TPSA) is 9.23 Å². The van der Waals surface area contributed by atoms with Crippen molar-refractivity contribution in [2.24, 2.45) is 0 Å².